The summed E-state index contributed by atoms with van der Waals surface area (Å²) in [4.78, 5) is 33.8. The monoisotopic (exact) mass is 1140 g/mol. The van der Waals surface area contributed by atoms with Crippen molar-refractivity contribution in [3.05, 3.63) is 201 Å². The lowest BCUT2D eigenvalue weighted by atomic mass is 9.86. The minimum atomic E-state index is 0. The Morgan fingerprint density at radius 2 is 0.795 bits per heavy atom. The normalized spacial score (nSPS) is 10.8. The van der Waals surface area contributed by atoms with Gasteiger partial charge in [-0.15, -0.1) is 0 Å². The third-order valence-electron chi connectivity index (χ3n) is 12.2. The van der Waals surface area contributed by atoms with Crippen LogP contribution in [0, 0.1) is 48.5 Å². The van der Waals surface area contributed by atoms with Gasteiger partial charge in [0.25, 0.3) is 0 Å². The molecule has 0 bridgehead atoms. The second kappa shape index (κ2) is 38.0. The fraction of sp³-hybridized carbons (Fsp3) is 0.547. The summed E-state index contributed by atoms with van der Waals surface area (Å²) < 4.78 is 0. The van der Waals surface area contributed by atoms with E-state index in [9.17, 15) is 0 Å². The average Bonchev–Trinajstić information content (AvgIpc) is 3.29. The maximum Gasteiger partial charge on any atom is 0.125 e. The molecule has 7 rings (SSSR count). The molecule has 0 amide bonds. The third kappa shape index (κ3) is 35.7. The number of aryl methyl sites for hydroxylation is 7. The predicted molar refractivity (Wildman–Crippen MR) is 372 cm³/mol. The predicted octanol–water partition coefficient (Wildman–Crippen LogP) is 22.0. The van der Waals surface area contributed by atoms with Crippen LogP contribution < -0.4 is 0 Å². The molecule has 0 aliphatic heterocycles. The first kappa shape index (κ1) is 88.2. The van der Waals surface area contributed by atoms with Crippen LogP contribution in [0.4, 0.5) is 0 Å². The van der Waals surface area contributed by atoms with Crippen molar-refractivity contribution in [3.63, 3.8) is 0 Å². The van der Waals surface area contributed by atoms with E-state index < -0.39 is 0 Å². The smallest absolute Gasteiger partial charge is 0.125 e. The van der Waals surface area contributed by atoms with Crippen LogP contribution >= 0.6 is 0 Å². The van der Waals surface area contributed by atoms with Gasteiger partial charge >= 0.3 is 0 Å². The summed E-state index contributed by atoms with van der Waals surface area (Å²) in [6, 6.07) is 24.9. The van der Waals surface area contributed by atoms with Crippen LogP contribution in [0.1, 0.15) is 269 Å². The van der Waals surface area contributed by atoms with Crippen LogP contribution in [0.5, 0.6) is 0 Å². The summed E-state index contributed by atoms with van der Waals surface area (Å²) in [6.45, 7) is 60.2. The van der Waals surface area contributed by atoms with Crippen molar-refractivity contribution in [2.75, 3.05) is 0 Å². The number of pyridine rings is 6. The summed E-state index contributed by atoms with van der Waals surface area (Å²) >= 11 is 0. The summed E-state index contributed by atoms with van der Waals surface area (Å²) in [5, 5.41) is 0. The van der Waals surface area contributed by atoms with Crippen LogP contribution in [0.3, 0.4) is 0 Å². The van der Waals surface area contributed by atoms with Gasteiger partial charge in [-0.2, -0.15) is 0 Å². The molecule has 468 valence electrons. The first-order valence-electron chi connectivity index (χ1n) is 27.4. The van der Waals surface area contributed by atoms with E-state index in [1.807, 2.05) is 95.5 Å². The van der Waals surface area contributed by atoms with E-state index >= 15 is 0 Å². The van der Waals surface area contributed by atoms with E-state index in [4.69, 9.17) is 0 Å². The Labute approximate surface area is 515 Å². The van der Waals surface area contributed by atoms with Gasteiger partial charge in [0.2, 0.25) is 0 Å². The van der Waals surface area contributed by atoms with Crippen molar-refractivity contribution in [2.45, 2.75) is 276 Å². The highest BCUT2D eigenvalue weighted by molar-refractivity contribution is 5.29. The number of aromatic nitrogens is 8. The molecule has 0 saturated heterocycles. The molecule has 0 fully saturated rings. The highest BCUT2D eigenvalue weighted by atomic mass is 14.8. The van der Waals surface area contributed by atoms with Gasteiger partial charge in [0, 0.05) is 94.6 Å². The molecular formula is C75H128N8. The van der Waals surface area contributed by atoms with E-state index in [1.54, 1.807) is 0 Å². The van der Waals surface area contributed by atoms with Crippen molar-refractivity contribution in [1.29, 1.82) is 0 Å². The first-order valence-corrected chi connectivity index (χ1v) is 27.4. The van der Waals surface area contributed by atoms with Crippen molar-refractivity contribution < 1.29 is 0 Å². The molecule has 0 aromatic carbocycles. The highest BCUT2D eigenvalue weighted by Crippen LogP contribution is 2.26. The van der Waals surface area contributed by atoms with Gasteiger partial charge in [-0.05, 0) is 169 Å². The topological polar surface area (TPSA) is 103 Å². The highest BCUT2D eigenvalue weighted by Gasteiger charge is 2.19. The van der Waals surface area contributed by atoms with Crippen molar-refractivity contribution in [1.82, 2.24) is 39.9 Å². The van der Waals surface area contributed by atoms with E-state index in [0.29, 0.717) is 0 Å². The van der Waals surface area contributed by atoms with E-state index in [2.05, 4.69) is 261 Å². The molecule has 0 radical (unpaired) electrons. The fourth-order valence-corrected chi connectivity index (χ4v) is 7.14. The Hall–Kier alpha value is -6.02. The summed E-state index contributed by atoms with van der Waals surface area (Å²) in [7, 11) is 0. The van der Waals surface area contributed by atoms with E-state index in [0.717, 1.165) is 40.0 Å². The summed E-state index contributed by atoms with van der Waals surface area (Å²) in [5.74, 6) is 0.831. The maximum atomic E-state index is 4.44. The Balaban J connectivity index is -0.000000206. The molecule has 7 aromatic rings. The minimum absolute atomic E-state index is 0. The van der Waals surface area contributed by atoms with Crippen LogP contribution in [-0.2, 0) is 37.9 Å². The number of nitrogens with zero attached hydrogens (tertiary/aromatic N) is 8. The van der Waals surface area contributed by atoms with Crippen molar-refractivity contribution >= 4 is 0 Å². The van der Waals surface area contributed by atoms with Gasteiger partial charge in [-0.1, -0.05) is 208 Å². The molecule has 7 aromatic heterocycles. The average molecular weight is 1140 g/mol. The zero-order chi connectivity index (χ0) is 59.4. The van der Waals surface area contributed by atoms with Gasteiger partial charge in [0.1, 0.15) is 5.82 Å². The van der Waals surface area contributed by atoms with Crippen LogP contribution in [0.2, 0.25) is 0 Å². The summed E-state index contributed by atoms with van der Waals surface area (Å²) in [5.41, 5.74) is 17.3. The Morgan fingerprint density at radius 1 is 0.301 bits per heavy atom. The lowest BCUT2D eigenvalue weighted by Crippen LogP contribution is -2.13. The lowest BCUT2D eigenvalue weighted by Gasteiger charge is -2.20. The molecule has 83 heavy (non-hydrogen) atoms. The summed E-state index contributed by atoms with van der Waals surface area (Å²) in [6.07, 6.45) is 15.1. The molecule has 8 nitrogen and oxygen atoms in total. The Kier molecular flexibility index (Phi) is 40.4. The van der Waals surface area contributed by atoms with E-state index in [1.165, 1.54) is 38.9 Å². The second-order valence-corrected chi connectivity index (χ2v) is 27.4. The molecule has 0 spiro atoms. The van der Waals surface area contributed by atoms with Gasteiger partial charge in [-0.25, -0.2) is 9.97 Å². The third-order valence-corrected chi connectivity index (χ3v) is 12.2. The number of rotatable bonds is 0. The molecule has 8 heteroatoms. The number of hydrogen-bond acceptors (Lipinski definition) is 8. The van der Waals surface area contributed by atoms with Crippen LogP contribution in [-0.4, -0.2) is 39.9 Å². The van der Waals surface area contributed by atoms with Gasteiger partial charge < -0.3 is 0 Å². The quantitative estimate of drug-likeness (QED) is 0.148. The van der Waals surface area contributed by atoms with Crippen LogP contribution in [0.15, 0.2) is 122 Å². The molecule has 0 N–H and O–H groups in total. The molecule has 0 saturated carbocycles. The lowest BCUT2D eigenvalue weighted by molar-refractivity contribution is 0.567. The minimum Gasteiger partial charge on any atom is -0.264 e. The van der Waals surface area contributed by atoms with Crippen molar-refractivity contribution in [2.24, 2.45) is 0 Å². The molecule has 0 unspecified atom stereocenters. The molecule has 0 aliphatic rings. The molecular weight excluding hydrogens is 1010 g/mol. The first-order chi connectivity index (χ1) is 35.0. The zero-order valence-electron chi connectivity index (χ0n) is 53.6. The molecule has 7 heterocycles. The Bertz CT molecular complexity index is 2530. The molecule has 0 atom stereocenters. The zero-order valence-corrected chi connectivity index (χ0v) is 53.6. The molecule has 0 aliphatic carbocycles. The van der Waals surface area contributed by atoms with E-state index in [-0.39, 0.29) is 82.5 Å². The standard InChI is InChI=1S/6C10H15N.C9H14N2.6CH4/c1-8-7-9(5-6-11-8)10(2,3)4;1-8-5-6-11-7-9(8)10(2,3)4;1-8-5-6-9(7-11-8)10(2,3)4;1-8-5-6-11-9(7-8)10(2,3)4;1-8-9(10(2,3)4)6-5-7-11-8;1-8-6-5-7-9(11-8)10(2,3)4;1-7-10-5-8(6-11-7)9(2,3)4;;;;;;/h6*5-7H,1-4H3;5-6H,1-4H3;6*1H4. The largest absolute Gasteiger partial charge is 0.264 e. The van der Waals surface area contributed by atoms with Crippen molar-refractivity contribution in [3.8, 4) is 0 Å². The fourth-order valence-electron chi connectivity index (χ4n) is 7.14. The van der Waals surface area contributed by atoms with Gasteiger partial charge in [-0.3, -0.25) is 29.9 Å². The van der Waals surface area contributed by atoms with Crippen LogP contribution in [0.25, 0.3) is 0 Å². The SMILES string of the molecule is C.C.C.C.C.C.Cc1cc(C(C)(C)C)ccn1.Cc1ccc(C(C)(C)C)cn1.Cc1cccc(C(C)(C)C)n1.Cc1ccnc(C(C)(C)C)c1.Cc1ccncc1C(C)(C)C.Cc1ncc(C(C)(C)C)cn1.Cc1ncccc1C(C)(C)C. The Morgan fingerprint density at radius 3 is 1.13 bits per heavy atom. The number of hydrogen-bond donors (Lipinski definition) is 0. The maximum absolute atomic E-state index is 4.44. The van der Waals surface area contributed by atoms with Gasteiger partial charge in [0.15, 0.2) is 0 Å². The second-order valence-electron chi connectivity index (χ2n) is 27.4. The van der Waals surface area contributed by atoms with Gasteiger partial charge in [0.05, 0.1) is 0 Å².